The van der Waals surface area contributed by atoms with Gasteiger partial charge in [-0.25, -0.2) is 0 Å². The standard InChI is InChI=1S/C10H18N2O4/c1-3-5-8-12(11-15)9(13)6-7-10(14)16-4-2/h3-8H2,1-2H3. The Balaban J connectivity index is 3.92. The molecule has 0 atom stereocenters. The number of unbranched alkanes of at least 4 members (excludes halogenated alkanes) is 1. The van der Waals surface area contributed by atoms with Crippen LogP contribution in [-0.2, 0) is 14.3 Å². The van der Waals surface area contributed by atoms with Gasteiger partial charge in [0.25, 0.3) is 0 Å². The van der Waals surface area contributed by atoms with Gasteiger partial charge in [0.2, 0.25) is 5.91 Å². The van der Waals surface area contributed by atoms with Gasteiger partial charge in [-0.2, -0.15) is 5.01 Å². The van der Waals surface area contributed by atoms with Gasteiger partial charge in [-0.05, 0) is 13.3 Å². The number of carbonyl (C=O) groups excluding carboxylic acids is 2. The van der Waals surface area contributed by atoms with E-state index in [1.54, 1.807) is 6.92 Å². The van der Waals surface area contributed by atoms with Gasteiger partial charge in [-0.15, -0.1) is 4.91 Å². The Bertz CT molecular complexity index is 243. The van der Waals surface area contributed by atoms with Crippen LogP contribution >= 0.6 is 0 Å². The van der Waals surface area contributed by atoms with E-state index in [9.17, 15) is 14.5 Å². The number of nitroso groups, excluding NO2 is 1. The maximum Gasteiger partial charge on any atom is 0.306 e. The summed E-state index contributed by atoms with van der Waals surface area (Å²) >= 11 is 0. The van der Waals surface area contributed by atoms with Crippen LogP contribution in [0.3, 0.4) is 0 Å². The van der Waals surface area contributed by atoms with E-state index in [1.165, 1.54) is 0 Å². The molecule has 0 saturated carbocycles. The highest BCUT2D eigenvalue weighted by Crippen LogP contribution is 2.02. The van der Waals surface area contributed by atoms with Crippen LogP contribution in [0.15, 0.2) is 5.29 Å². The normalized spacial score (nSPS) is 9.62. The van der Waals surface area contributed by atoms with Crippen molar-refractivity contribution < 1.29 is 14.3 Å². The van der Waals surface area contributed by atoms with E-state index < -0.39 is 11.9 Å². The molecular weight excluding hydrogens is 212 g/mol. The van der Waals surface area contributed by atoms with Crippen LogP contribution in [0, 0.1) is 4.91 Å². The summed E-state index contributed by atoms with van der Waals surface area (Å²) in [5.74, 6) is -0.867. The Morgan fingerprint density at radius 3 is 2.44 bits per heavy atom. The topological polar surface area (TPSA) is 76.0 Å². The average molecular weight is 230 g/mol. The van der Waals surface area contributed by atoms with Crippen molar-refractivity contribution in [1.29, 1.82) is 0 Å². The molecule has 0 aliphatic rings. The summed E-state index contributed by atoms with van der Waals surface area (Å²) < 4.78 is 4.67. The maximum atomic E-state index is 11.4. The smallest absolute Gasteiger partial charge is 0.306 e. The molecule has 0 rings (SSSR count). The SMILES string of the molecule is CCCCN(N=O)C(=O)CCC(=O)OCC. The Kier molecular flexibility index (Phi) is 8.01. The van der Waals surface area contributed by atoms with Crippen LogP contribution in [0.1, 0.15) is 39.5 Å². The molecule has 0 aromatic heterocycles. The maximum absolute atomic E-state index is 11.4. The second-order valence-electron chi connectivity index (χ2n) is 3.26. The van der Waals surface area contributed by atoms with Gasteiger partial charge in [0, 0.05) is 13.0 Å². The van der Waals surface area contributed by atoms with Crippen molar-refractivity contribution in [2.24, 2.45) is 5.29 Å². The molecule has 6 heteroatoms. The van der Waals surface area contributed by atoms with Crippen LogP contribution in [-0.4, -0.2) is 30.0 Å². The Hall–Kier alpha value is -1.46. The fourth-order valence-electron chi connectivity index (χ4n) is 1.09. The molecule has 0 heterocycles. The van der Waals surface area contributed by atoms with Crippen molar-refractivity contribution in [2.75, 3.05) is 13.2 Å². The number of ether oxygens (including phenoxy) is 1. The first-order valence-corrected chi connectivity index (χ1v) is 5.44. The molecule has 92 valence electrons. The minimum atomic E-state index is -0.434. The predicted molar refractivity (Wildman–Crippen MR) is 58.3 cm³/mol. The van der Waals surface area contributed by atoms with Gasteiger partial charge >= 0.3 is 5.97 Å². The van der Waals surface area contributed by atoms with Gasteiger partial charge in [-0.3, -0.25) is 9.59 Å². The van der Waals surface area contributed by atoms with E-state index in [0.29, 0.717) is 13.2 Å². The molecule has 0 spiro atoms. The number of hydrogen-bond donors (Lipinski definition) is 0. The third-order valence-electron chi connectivity index (χ3n) is 1.96. The molecular formula is C10H18N2O4. The lowest BCUT2D eigenvalue weighted by Gasteiger charge is -2.12. The molecule has 0 aromatic carbocycles. The summed E-state index contributed by atoms with van der Waals surface area (Å²) in [5, 5.41) is 3.49. The van der Waals surface area contributed by atoms with Gasteiger partial charge in [0.1, 0.15) is 0 Å². The molecule has 0 unspecified atom stereocenters. The van der Waals surface area contributed by atoms with Gasteiger partial charge in [0.05, 0.1) is 18.3 Å². The van der Waals surface area contributed by atoms with Crippen molar-refractivity contribution in [3.63, 3.8) is 0 Å². The Morgan fingerprint density at radius 1 is 1.25 bits per heavy atom. The zero-order valence-electron chi connectivity index (χ0n) is 9.77. The summed E-state index contributed by atoms with van der Waals surface area (Å²) in [6.45, 7) is 4.24. The molecule has 0 N–H and O–H groups in total. The summed E-state index contributed by atoms with van der Waals surface area (Å²) in [6, 6.07) is 0. The fourth-order valence-corrected chi connectivity index (χ4v) is 1.09. The van der Waals surface area contributed by atoms with E-state index >= 15 is 0 Å². The van der Waals surface area contributed by atoms with Crippen LogP contribution < -0.4 is 0 Å². The highest BCUT2D eigenvalue weighted by molar-refractivity contribution is 5.81. The van der Waals surface area contributed by atoms with Gasteiger partial charge in [0.15, 0.2) is 0 Å². The first-order valence-electron chi connectivity index (χ1n) is 5.44. The molecule has 0 aromatic rings. The second kappa shape index (κ2) is 8.82. The Labute approximate surface area is 94.9 Å². The molecule has 16 heavy (non-hydrogen) atoms. The summed E-state index contributed by atoms with van der Waals surface area (Å²) in [6.07, 6.45) is 1.55. The van der Waals surface area contributed by atoms with Crippen molar-refractivity contribution >= 4 is 11.9 Å². The van der Waals surface area contributed by atoms with Gasteiger partial charge < -0.3 is 4.74 Å². The third kappa shape index (κ3) is 6.10. The van der Waals surface area contributed by atoms with Gasteiger partial charge in [-0.1, -0.05) is 13.3 Å². The summed E-state index contributed by atoms with van der Waals surface area (Å²) in [5.41, 5.74) is 0. The van der Waals surface area contributed by atoms with Crippen LogP contribution in [0.5, 0.6) is 0 Å². The summed E-state index contributed by atoms with van der Waals surface area (Å²) in [7, 11) is 0. The van der Waals surface area contributed by atoms with Crippen molar-refractivity contribution in [3.8, 4) is 0 Å². The van der Waals surface area contributed by atoms with E-state index in [-0.39, 0.29) is 12.8 Å². The zero-order valence-corrected chi connectivity index (χ0v) is 9.77. The van der Waals surface area contributed by atoms with Crippen LogP contribution in [0.2, 0.25) is 0 Å². The predicted octanol–water partition coefficient (Wildman–Crippen LogP) is 1.64. The third-order valence-corrected chi connectivity index (χ3v) is 1.96. The monoisotopic (exact) mass is 230 g/mol. The lowest BCUT2D eigenvalue weighted by Crippen LogP contribution is -2.26. The zero-order chi connectivity index (χ0) is 12.4. The second-order valence-corrected chi connectivity index (χ2v) is 3.26. The molecule has 0 bridgehead atoms. The molecule has 0 saturated heterocycles. The number of esters is 1. The average Bonchev–Trinajstić information content (AvgIpc) is 2.28. The van der Waals surface area contributed by atoms with Crippen molar-refractivity contribution in [1.82, 2.24) is 5.01 Å². The molecule has 1 amide bonds. The largest absolute Gasteiger partial charge is 0.466 e. The van der Waals surface area contributed by atoms with E-state index in [1.807, 2.05) is 6.92 Å². The fraction of sp³-hybridized carbons (Fsp3) is 0.800. The van der Waals surface area contributed by atoms with E-state index in [0.717, 1.165) is 17.9 Å². The minimum Gasteiger partial charge on any atom is -0.466 e. The molecule has 0 aliphatic heterocycles. The first kappa shape index (κ1) is 14.5. The number of nitrogens with zero attached hydrogens (tertiary/aromatic N) is 2. The number of hydrogen-bond acceptors (Lipinski definition) is 5. The van der Waals surface area contributed by atoms with E-state index in [4.69, 9.17) is 0 Å². The molecule has 0 radical (unpaired) electrons. The number of carbonyl (C=O) groups is 2. The molecule has 0 fully saturated rings. The Morgan fingerprint density at radius 2 is 1.94 bits per heavy atom. The van der Waals surface area contributed by atoms with Crippen molar-refractivity contribution in [2.45, 2.75) is 39.5 Å². The molecule has 0 aliphatic carbocycles. The quantitative estimate of drug-likeness (QED) is 0.361. The first-order chi connectivity index (χ1) is 7.65. The van der Waals surface area contributed by atoms with E-state index in [2.05, 4.69) is 10.0 Å². The number of rotatable bonds is 8. The molecule has 6 nitrogen and oxygen atoms in total. The van der Waals surface area contributed by atoms with Crippen LogP contribution in [0.25, 0.3) is 0 Å². The highest BCUT2D eigenvalue weighted by atomic mass is 16.5. The highest BCUT2D eigenvalue weighted by Gasteiger charge is 2.15. The minimum absolute atomic E-state index is 0.00911. The number of amides is 1. The summed E-state index contributed by atoms with van der Waals surface area (Å²) in [4.78, 5) is 32.7. The lowest BCUT2D eigenvalue weighted by molar-refractivity contribution is -0.145. The lowest BCUT2D eigenvalue weighted by atomic mass is 10.2. The van der Waals surface area contributed by atoms with Crippen LogP contribution in [0.4, 0.5) is 0 Å². The van der Waals surface area contributed by atoms with Crippen molar-refractivity contribution in [3.05, 3.63) is 4.91 Å².